The maximum atomic E-state index is 13.3. The van der Waals surface area contributed by atoms with Crippen LogP contribution >= 0.6 is 11.6 Å². The molecule has 0 aliphatic rings. The first-order valence-electron chi connectivity index (χ1n) is 4.58. The summed E-state index contributed by atoms with van der Waals surface area (Å²) in [4.78, 5) is 3.74. The number of halogens is 2. The average Bonchev–Trinajstić information content (AvgIpc) is 2.14. The van der Waals surface area contributed by atoms with E-state index in [2.05, 4.69) is 9.38 Å². The summed E-state index contributed by atoms with van der Waals surface area (Å²) >= 11 is 4.12. The van der Waals surface area contributed by atoms with Gasteiger partial charge in [-0.3, -0.25) is 4.98 Å². The molecule has 6 heteroatoms. The second kappa shape index (κ2) is 5.12. The van der Waals surface area contributed by atoms with Crippen LogP contribution < -0.4 is 0 Å². The maximum absolute atomic E-state index is 13.3. The van der Waals surface area contributed by atoms with E-state index in [0.717, 1.165) is 12.3 Å². The molecule has 16 heavy (non-hydrogen) atoms. The second-order valence-electron chi connectivity index (χ2n) is 4.12. The fourth-order valence-electron chi connectivity index (χ4n) is 0.776. The van der Waals surface area contributed by atoms with Crippen LogP contribution in [0.1, 0.15) is 26.5 Å². The van der Waals surface area contributed by atoms with Crippen LogP contribution in [-0.2, 0) is 11.4 Å². The Balaban J connectivity index is 2.85. The first kappa shape index (κ1) is 13.4. The standard InChI is InChI=1S/C10H12ClFN2OS/c1-10(2,3)16(15)14-6-9-8(12)4-7(11)5-13-9/h4-6H,1-3H3. The van der Waals surface area contributed by atoms with E-state index in [1.54, 1.807) is 20.8 Å². The van der Waals surface area contributed by atoms with Gasteiger partial charge in [-0.1, -0.05) is 16.0 Å². The summed E-state index contributed by atoms with van der Waals surface area (Å²) in [5.41, 5.74) is 0.0296. The van der Waals surface area contributed by atoms with Crippen molar-refractivity contribution in [2.24, 2.45) is 4.40 Å². The van der Waals surface area contributed by atoms with Crippen LogP contribution in [0.3, 0.4) is 0 Å². The summed E-state index contributed by atoms with van der Waals surface area (Å²) in [6.45, 7) is 5.35. The smallest absolute Gasteiger partial charge is 0.152 e. The minimum absolute atomic E-state index is 0.0296. The largest absolute Gasteiger partial charge is 0.591 e. The highest BCUT2D eigenvalue weighted by atomic mass is 35.5. The van der Waals surface area contributed by atoms with E-state index in [9.17, 15) is 8.94 Å². The molecule has 0 N–H and O–H groups in total. The maximum Gasteiger partial charge on any atom is 0.152 e. The Morgan fingerprint density at radius 1 is 1.56 bits per heavy atom. The Hall–Kier alpha value is -0.650. The highest BCUT2D eigenvalue weighted by Crippen LogP contribution is 2.17. The predicted octanol–water partition coefficient (Wildman–Crippen LogP) is 2.76. The van der Waals surface area contributed by atoms with Gasteiger partial charge in [-0.25, -0.2) is 4.39 Å². The zero-order valence-electron chi connectivity index (χ0n) is 9.20. The molecule has 1 unspecified atom stereocenters. The van der Waals surface area contributed by atoms with Crippen molar-refractivity contribution in [3.05, 3.63) is 28.8 Å². The third-order valence-electron chi connectivity index (χ3n) is 1.63. The molecule has 0 spiro atoms. The van der Waals surface area contributed by atoms with E-state index in [-0.39, 0.29) is 10.7 Å². The highest BCUT2D eigenvalue weighted by molar-refractivity contribution is 7.91. The molecular formula is C10H12ClFN2OS. The van der Waals surface area contributed by atoms with Crippen molar-refractivity contribution >= 4 is 29.2 Å². The monoisotopic (exact) mass is 262 g/mol. The van der Waals surface area contributed by atoms with E-state index in [0.29, 0.717) is 0 Å². The zero-order chi connectivity index (χ0) is 12.3. The van der Waals surface area contributed by atoms with Crippen LogP contribution in [0, 0.1) is 5.82 Å². The van der Waals surface area contributed by atoms with Crippen LogP contribution in [-0.4, -0.2) is 20.5 Å². The third kappa shape index (κ3) is 3.73. The molecule has 3 nitrogen and oxygen atoms in total. The lowest BCUT2D eigenvalue weighted by Gasteiger charge is -2.17. The average molecular weight is 263 g/mol. The summed E-state index contributed by atoms with van der Waals surface area (Å²) in [5.74, 6) is -0.581. The Morgan fingerprint density at radius 2 is 2.19 bits per heavy atom. The minimum Gasteiger partial charge on any atom is -0.591 e. The molecule has 0 radical (unpaired) electrons. The fourth-order valence-corrected chi connectivity index (χ4v) is 1.43. The van der Waals surface area contributed by atoms with Gasteiger partial charge in [0.1, 0.15) is 28.0 Å². The molecule has 1 heterocycles. The topological polar surface area (TPSA) is 48.3 Å². The van der Waals surface area contributed by atoms with Gasteiger partial charge in [0.25, 0.3) is 0 Å². The number of pyridine rings is 1. The molecular weight excluding hydrogens is 251 g/mol. The van der Waals surface area contributed by atoms with Crippen molar-refractivity contribution < 1.29 is 8.94 Å². The number of hydrogen-bond donors (Lipinski definition) is 0. The highest BCUT2D eigenvalue weighted by Gasteiger charge is 2.25. The van der Waals surface area contributed by atoms with Crippen molar-refractivity contribution in [1.82, 2.24) is 4.98 Å². The molecule has 0 saturated carbocycles. The molecule has 1 atom stereocenters. The summed E-state index contributed by atoms with van der Waals surface area (Å²) < 4.78 is 28.1. The molecule has 1 aromatic rings. The van der Waals surface area contributed by atoms with Gasteiger partial charge in [0.05, 0.1) is 5.02 Å². The van der Waals surface area contributed by atoms with Crippen LogP contribution in [0.5, 0.6) is 0 Å². The Morgan fingerprint density at radius 3 is 2.69 bits per heavy atom. The second-order valence-corrected chi connectivity index (χ2v) is 6.49. The lowest BCUT2D eigenvalue weighted by molar-refractivity contribution is 0.561. The zero-order valence-corrected chi connectivity index (χ0v) is 10.8. The van der Waals surface area contributed by atoms with Crippen molar-refractivity contribution in [2.75, 3.05) is 0 Å². The Bertz CT molecular complexity index is 406. The van der Waals surface area contributed by atoms with Gasteiger partial charge in [-0.2, -0.15) is 0 Å². The van der Waals surface area contributed by atoms with Gasteiger partial charge in [-0.15, -0.1) is 0 Å². The molecule has 0 saturated heterocycles. The third-order valence-corrected chi connectivity index (χ3v) is 3.18. The van der Waals surface area contributed by atoms with Gasteiger partial charge in [-0.05, 0) is 26.8 Å². The minimum atomic E-state index is -1.42. The number of rotatable bonds is 2. The van der Waals surface area contributed by atoms with E-state index < -0.39 is 21.9 Å². The normalized spacial score (nSPS) is 14.4. The van der Waals surface area contributed by atoms with E-state index in [1.807, 2.05) is 0 Å². The quantitative estimate of drug-likeness (QED) is 0.608. The van der Waals surface area contributed by atoms with Crippen LogP contribution in [0.2, 0.25) is 5.02 Å². The van der Waals surface area contributed by atoms with Crippen molar-refractivity contribution in [1.29, 1.82) is 0 Å². The van der Waals surface area contributed by atoms with E-state index >= 15 is 0 Å². The van der Waals surface area contributed by atoms with Crippen LogP contribution in [0.4, 0.5) is 4.39 Å². The number of aromatic nitrogens is 1. The van der Waals surface area contributed by atoms with Gasteiger partial charge in [0.2, 0.25) is 0 Å². The molecule has 0 bridgehead atoms. The summed E-state index contributed by atoms with van der Waals surface area (Å²) in [6.07, 6.45) is 2.47. The molecule has 0 amide bonds. The molecule has 0 aliphatic carbocycles. The Kier molecular flexibility index (Phi) is 4.29. The van der Waals surface area contributed by atoms with E-state index in [1.165, 1.54) is 6.20 Å². The van der Waals surface area contributed by atoms with Crippen molar-refractivity contribution in [2.45, 2.75) is 25.5 Å². The van der Waals surface area contributed by atoms with Gasteiger partial charge in [0.15, 0.2) is 5.82 Å². The summed E-state index contributed by atoms with van der Waals surface area (Å²) in [5, 5.41) is 0.214. The van der Waals surface area contributed by atoms with Gasteiger partial charge < -0.3 is 4.55 Å². The van der Waals surface area contributed by atoms with Crippen molar-refractivity contribution in [3.8, 4) is 0 Å². The Labute approximate surface area is 102 Å². The van der Waals surface area contributed by atoms with E-state index in [4.69, 9.17) is 11.6 Å². The number of nitrogens with zero attached hydrogens (tertiary/aromatic N) is 2. The molecule has 88 valence electrons. The number of hydrogen-bond acceptors (Lipinski definition) is 3. The fraction of sp³-hybridized carbons (Fsp3) is 0.400. The summed E-state index contributed by atoms with van der Waals surface area (Å²) in [6, 6.07) is 1.13. The van der Waals surface area contributed by atoms with Gasteiger partial charge >= 0.3 is 0 Å². The first-order valence-corrected chi connectivity index (χ1v) is 6.06. The molecule has 0 aromatic carbocycles. The molecule has 0 fully saturated rings. The van der Waals surface area contributed by atoms with Crippen LogP contribution in [0.15, 0.2) is 16.7 Å². The predicted molar refractivity (Wildman–Crippen MR) is 64.7 cm³/mol. The lowest BCUT2D eigenvalue weighted by atomic mass is 10.3. The first-order chi connectivity index (χ1) is 7.30. The molecule has 1 rings (SSSR count). The lowest BCUT2D eigenvalue weighted by Crippen LogP contribution is -2.25. The van der Waals surface area contributed by atoms with Crippen molar-refractivity contribution in [3.63, 3.8) is 0 Å². The molecule has 0 aliphatic heterocycles. The summed E-state index contributed by atoms with van der Waals surface area (Å²) in [7, 11) is 0. The van der Waals surface area contributed by atoms with Gasteiger partial charge in [0, 0.05) is 6.20 Å². The SMILES string of the molecule is CC(C)(C)[S+]([O-])N=Cc1ncc(Cl)cc1F. The molecule has 1 aromatic heterocycles. The van der Waals surface area contributed by atoms with Crippen LogP contribution in [0.25, 0.3) is 0 Å².